The Kier molecular flexibility index (Phi) is 5.84. The molecule has 0 saturated heterocycles. The van der Waals surface area contributed by atoms with E-state index in [1.807, 2.05) is 30.3 Å². The first-order chi connectivity index (χ1) is 13.7. The van der Waals surface area contributed by atoms with Crippen molar-refractivity contribution < 1.29 is 4.74 Å². The Bertz CT molecular complexity index is 1090. The van der Waals surface area contributed by atoms with Crippen LogP contribution in [0.1, 0.15) is 11.1 Å². The fraction of sp³-hybridized carbons (Fsp3) is 0.0833. The summed E-state index contributed by atoms with van der Waals surface area (Å²) in [6, 6.07) is 28.6. The first-order valence-electron chi connectivity index (χ1n) is 9.06. The summed E-state index contributed by atoms with van der Waals surface area (Å²) < 4.78 is 6.87. The standard InChI is InChI=1S/C24H19BrClNO/c25-22-14-18(10-13-24(22)28-16-17-8-11-20(26)12-9-17)15-27-23-7-3-5-19-4-1-2-6-21(19)23/h1-14,27H,15-16H2. The minimum Gasteiger partial charge on any atom is -0.488 e. The van der Waals surface area contributed by atoms with Gasteiger partial charge in [0.1, 0.15) is 12.4 Å². The maximum absolute atomic E-state index is 5.93. The quantitative estimate of drug-likeness (QED) is 0.328. The summed E-state index contributed by atoms with van der Waals surface area (Å²) in [6.07, 6.45) is 0. The molecule has 4 aromatic carbocycles. The number of fused-ring (bicyclic) bond motifs is 1. The van der Waals surface area contributed by atoms with E-state index in [4.69, 9.17) is 16.3 Å². The lowest BCUT2D eigenvalue weighted by molar-refractivity contribution is 0.304. The van der Waals surface area contributed by atoms with Crippen LogP contribution in [0.2, 0.25) is 5.02 Å². The Morgan fingerprint density at radius 1 is 0.821 bits per heavy atom. The van der Waals surface area contributed by atoms with Crippen LogP contribution in [-0.4, -0.2) is 0 Å². The molecule has 1 N–H and O–H groups in total. The lowest BCUT2D eigenvalue weighted by atomic mass is 10.1. The second kappa shape index (κ2) is 8.68. The van der Waals surface area contributed by atoms with Gasteiger partial charge in [-0.1, -0.05) is 66.2 Å². The van der Waals surface area contributed by atoms with E-state index in [0.717, 1.165) is 33.0 Å². The van der Waals surface area contributed by atoms with Gasteiger partial charge in [0, 0.05) is 22.6 Å². The summed E-state index contributed by atoms with van der Waals surface area (Å²) >= 11 is 9.55. The molecular weight excluding hydrogens is 434 g/mol. The second-order valence-corrected chi connectivity index (χ2v) is 7.85. The zero-order valence-corrected chi connectivity index (χ0v) is 17.5. The predicted molar refractivity (Wildman–Crippen MR) is 121 cm³/mol. The number of ether oxygens (including phenoxy) is 1. The molecule has 4 aromatic rings. The Balaban J connectivity index is 1.42. The van der Waals surface area contributed by atoms with Crippen LogP contribution in [0.3, 0.4) is 0 Å². The predicted octanol–water partition coefficient (Wildman–Crippen LogP) is 7.45. The summed E-state index contributed by atoms with van der Waals surface area (Å²) in [5.74, 6) is 0.823. The third-order valence-electron chi connectivity index (χ3n) is 4.58. The Hall–Kier alpha value is -2.49. The number of hydrogen-bond donors (Lipinski definition) is 1. The molecule has 0 amide bonds. The highest BCUT2D eigenvalue weighted by Gasteiger charge is 2.05. The fourth-order valence-corrected chi connectivity index (χ4v) is 3.76. The molecule has 0 bridgehead atoms. The van der Waals surface area contributed by atoms with Gasteiger partial charge >= 0.3 is 0 Å². The molecule has 0 saturated carbocycles. The number of anilines is 1. The SMILES string of the molecule is Clc1ccc(COc2ccc(CNc3cccc4ccccc34)cc2Br)cc1. The molecule has 0 spiro atoms. The molecule has 140 valence electrons. The van der Waals surface area contributed by atoms with Crippen molar-refractivity contribution in [3.8, 4) is 5.75 Å². The topological polar surface area (TPSA) is 21.3 Å². The zero-order chi connectivity index (χ0) is 19.3. The number of nitrogens with one attached hydrogen (secondary N) is 1. The van der Waals surface area contributed by atoms with Gasteiger partial charge in [0.15, 0.2) is 0 Å². The van der Waals surface area contributed by atoms with E-state index in [1.54, 1.807) is 0 Å². The van der Waals surface area contributed by atoms with Gasteiger partial charge in [-0.2, -0.15) is 0 Å². The largest absolute Gasteiger partial charge is 0.488 e. The van der Waals surface area contributed by atoms with Crippen molar-refractivity contribution in [3.05, 3.63) is 106 Å². The molecule has 28 heavy (non-hydrogen) atoms. The fourth-order valence-electron chi connectivity index (χ4n) is 3.09. The second-order valence-electron chi connectivity index (χ2n) is 6.56. The summed E-state index contributed by atoms with van der Waals surface area (Å²) in [7, 11) is 0. The van der Waals surface area contributed by atoms with Crippen LogP contribution >= 0.6 is 27.5 Å². The maximum Gasteiger partial charge on any atom is 0.134 e. The van der Waals surface area contributed by atoms with Crippen LogP contribution in [0.25, 0.3) is 10.8 Å². The molecule has 0 fully saturated rings. The van der Waals surface area contributed by atoms with Crippen molar-refractivity contribution in [1.82, 2.24) is 0 Å². The number of rotatable bonds is 6. The van der Waals surface area contributed by atoms with Gasteiger partial charge in [-0.3, -0.25) is 0 Å². The smallest absolute Gasteiger partial charge is 0.134 e. The molecule has 0 aromatic heterocycles. The van der Waals surface area contributed by atoms with Gasteiger partial charge in [0.25, 0.3) is 0 Å². The lowest BCUT2D eigenvalue weighted by Gasteiger charge is -2.12. The lowest BCUT2D eigenvalue weighted by Crippen LogP contribution is -2.01. The molecular formula is C24H19BrClNO. The van der Waals surface area contributed by atoms with Crippen molar-refractivity contribution in [1.29, 1.82) is 0 Å². The van der Waals surface area contributed by atoms with Crippen LogP contribution in [0.5, 0.6) is 5.75 Å². The Labute approximate surface area is 178 Å². The van der Waals surface area contributed by atoms with Crippen LogP contribution in [0, 0.1) is 0 Å². The molecule has 0 atom stereocenters. The van der Waals surface area contributed by atoms with Gasteiger partial charge in [-0.05, 0) is 62.8 Å². The summed E-state index contributed by atoms with van der Waals surface area (Å²) in [5, 5.41) is 6.73. The molecule has 0 heterocycles. The minimum atomic E-state index is 0.503. The van der Waals surface area contributed by atoms with Crippen LogP contribution in [0.4, 0.5) is 5.69 Å². The zero-order valence-electron chi connectivity index (χ0n) is 15.2. The molecule has 0 aliphatic heterocycles. The Morgan fingerprint density at radius 2 is 1.57 bits per heavy atom. The van der Waals surface area contributed by atoms with Crippen LogP contribution in [0.15, 0.2) is 89.4 Å². The molecule has 4 rings (SSSR count). The van der Waals surface area contributed by atoms with Gasteiger partial charge in [-0.25, -0.2) is 0 Å². The minimum absolute atomic E-state index is 0.503. The van der Waals surface area contributed by atoms with Crippen molar-refractivity contribution in [3.63, 3.8) is 0 Å². The average molecular weight is 453 g/mol. The number of hydrogen-bond acceptors (Lipinski definition) is 2. The Morgan fingerprint density at radius 3 is 2.39 bits per heavy atom. The van der Waals surface area contributed by atoms with Crippen LogP contribution in [-0.2, 0) is 13.2 Å². The first kappa shape index (κ1) is 18.9. The third kappa shape index (κ3) is 4.49. The summed E-state index contributed by atoms with van der Waals surface area (Å²) in [6.45, 7) is 1.24. The van der Waals surface area contributed by atoms with E-state index in [9.17, 15) is 0 Å². The molecule has 2 nitrogen and oxygen atoms in total. The monoisotopic (exact) mass is 451 g/mol. The van der Waals surface area contributed by atoms with Gasteiger partial charge < -0.3 is 10.1 Å². The normalized spacial score (nSPS) is 10.8. The maximum atomic E-state index is 5.93. The summed E-state index contributed by atoms with van der Waals surface area (Å²) in [4.78, 5) is 0. The van der Waals surface area contributed by atoms with Crippen molar-refractivity contribution in [2.75, 3.05) is 5.32 Å². The number of halogens is 2. The van der Waals surface area contributed by atoms with E-state index in [2.05, 4.69) is 75.8 Å². The van der Waals surface area contributed by atoms with E-state index in [1.165, 1.54) is 16.3 Å². The van der Waals surface area contributed by atoms with E-state index in [-0.39, 0.29) is 0 Å². The highest BCUT2D eigenvalue weighted by molar-refractivity contribution is 9.10. The highest BCUT2D eigenvalue weighted by atomic mass is 79.9. The van der Waals surface area contributed by atoms with E-state index >= 15 is 0 Å². The van der Waals surface area contributed by atoms with E-state index < -0.39 is 0 Å². The van der Waals surface area contributed by atoms with Gasteiger partial charge in [0.05, 0.1) is 4.47 Å². The first-order valence-corrected chi connectivity index (χ1v) is 10.2. The summed E-state index contributed by atoms with van der Waals surface area (Å²) in [5.41, 5.74) is 3.40. The van der Waals surface area contributed by atoms with Crippen LogP contribution < -0.4 is 10.1 Å². The van der Waals surface area contributed by atoms with Crippen molar-refractivity contribution >= 4 is 44.0 Å². The molecule has 0 aliphatic rings. The van der Waals surface area contributed by atoms with Gasteiger partial charge in [0.2, 0.25) is 0 Å². The average Bonchev–Trinajstić information content (AvgIpc) is 2.73. The molecule has 4 heteroatoms. The third-order valence-corrected chi connectivity index (χ3v) is 5.45. The van der Waals surface area contributed by atoms with Gasteiger partial charge in [-0.15, -0.1) is 0 Å². The molecule has 0 unspecified atom stereocenters. The van der Waals surface area contributed by atoms with Crippen molar-refractivity contribution in [2.45, 2.75) is 13.2 Å². The molecule has 0 aliphatic carbocycles. The van der Waals surface area contributed by atoms with E-state index in [0.29, 0.717) is 6.61 Å². The number of benzene rings is 4. The highest BCUT2D eigenvalue weighted by Crippen LogP contribution is 2.28. The molecule has 0 radical (unpaired) electrons. The van der Waals surface area contributed by atoms with Crippen molar-refractivity contribution in [2.24, 2.45) is 0 Å².